The molecule has 1 saturated carbocycles. The highest BCUT2D eigenvalue weighted by atomic mass is 16.5. The second kappa shape index (κ2) is 10.6. The summed E-state index contributed by atoms with van der Waals surface area (Å²) < 4.78 is 5.48. The zero-order valence-electron chi connectivity index (χ0n) is 18.9. The number of ether oxygens (including phenoxy) is 1. The Morgan fingerprint density at radius 3 is 2.33 bits per heavy atom. The van der Waals surface area contributed by atoms with Gasteiger partial charge in [0.05, 0.1) is 18.8 Å². The quantitative estimate of drug-likeness (QED) is 0.588. The van der Waals surface area contributed by atoms with Gasteiger partial charge in [0, 0.05) is 37.3 Å². The molecule has 0 bridgehead atoms. The number of carboxylic acids is 1. The number of nitrogens with one attached hydrogen (secondary N) is 1. The summed E-state index contributed by atoms with van der Waals surface area (Å²) in [5, 5.41) is 12.0. The van der Waals surface area contributed by atoms with Gasteiger partial charge in [-0.3, -0.25) is 14.5 Å². The number of aromatic carboxylic acids is 1. The molecule has 0 unspecified atom stereocenters. The van der Waals surface area contributed by atoms with Crippen molar-refractivity contribution >= 4 is 23.5 Å². The number of hydrogen-bond acceptors (Lipinski definition) is 6. The van der Waals surface area contributed by atoms with Crippen LogP contribution in [0.1, 0.15) is 42.5 Å². The second-order valence-electron chi connectivity index (χ2n) is 9.37. The van der Waals surface area contributed by atoms with Gasteiger partial charge in [-0.1, -0.05) is 0 Å². The van der Waals surface area contributed by atoms with Crippen LogP contribution in [0.15, 0.2) is 24.3 Å². The summed E-state index contributed by atoms with van der Waals surface area (Å²) in [5.41, 5.74) is 6.49. The third-order valence-corrected chi connectivity index (χ3v) is 7.36. The molecule has 9 heteroatoms. The fourth-order valence-corrected chi connectivity index (χ4v) is 5.31. The fraction of sp³-hybridized carbons (Fsp3) is 0.625. The van der Waals surface area contributed by atoms with Crippen molar-refractivity contribution in [2.45, 2.75) is 44.2 Å². The number of anilines is 1. The van der Waals surface area contributed by atoms with Crippen LogP contribution in [0.5, 0.6) is 0 Å². The molecule has 3 fully saturated rings. The lowest BCUT2D eigenvalue weighted by Gasteiger charge is -2.33. The molecule has 2 amide bonds. The van der Waals surface area contributed by atoms with Crippen molar-refractivity contribution in [1.29, 1.82) is 0 Å². The first-order valence-electron chi connectivity index (χ1n) is 11.9. The maximum Gasteiger partial charge on any atom is 0.335 e. The van der Waals surface area contributed by atoms with Crippen LogP contribution >= 0.6 is 0 Å². The SMILES string of the molecule is NC[C@H]1CC[C@H](C(=O)N2C[C@@H](N3CCOCC3)C[C@H]2C(=O)Nc2ccc(C(=O)O)cc2)CC1. The maximum atomic E-state index is 13.5. The van der Waals surface area contributed by atoms with E-state index >= 15 is 0 Å². The number of carbonyl (C=O) groups is 3. The molecule has 2 aliphatic heterocycles. The molecule has 1 aromatic carbocycles. The van der Waals surface area contributed by atoms with Gasteiger partial charge in [-0.05, 0) is 68.8 Å². The third kappa shape index (κ3) is 5.54. The van der Waals surface area contributed by atoms with Crippen LogP contribution in [0, 0.1) is 11.8 Å². The summed E-state index contributed by atoms with van der Waals surface area (Å²) in [6, 6.07) is 5.66. The smallest absolute Gasteiger partial charge is 0.335 e. The van der Waals surface area contributed by atoms with E-state index in [2.05, 4.69) is 10.2 Å². The van der Waals surface area contributed by atoms with E-state index in [4.69, 9.17) is 15.6 Å². The fourth-order valence-electron chi connectivity index (χ4n) is 5.31. The van der Waals surface area contributed by atoms with E-state index in [0.717, 1.165) is 38.8 Å². The van der Waals surface area contributed by atoms with Gasteiger partial charge < -0.3 is 25.8 Å². The number of rotatable bonds is 6. The van der Waals surface area contributed by atoms with Crippen molar-refractivity contribution in [1.82, 2.24) is 9.80 Å². The number of carboxylic acid groups (broad SMARTS) is 1. The predicted molar refractivity (Wildman–Crippen MR) is 123 cm³/mol. The molecule has 1 aliphatic carbocycles. The topological polar surface area (TPSA) is 125 Å². The van der Waals surface area contributed by atoms with Gasteiger partial charge >= 0.3 is 5.97 Å². The molecule has 3 aliphatic rings. The van der Waals surface area contributed by atoms with Gasteiger partial charge in [-0.2, -0.15) is 0 Å². The minimum atomic E-state index is -1.02. The molecule has 1 aromatic rings. The van der Waals surface area contributed by atoms with Gasteiger partial charge in [0.25, 0.3) is 0 Å². The molecular weight excluding hydrogens is 424 g/mol. The van der Waals surface area contributed by atoms with Gasteiger partial charge in [-0.15, -0.1) is 0 Å². The number of amides is 2. The number of nitrogens with zero attached hydrogens (tertiary/aromatic N) is 2. The van der Waals surface area contributed by atoms with Gasteiger partial charge in [0.2, 0.25) is 11.8 Å². The van der Waals surface area contributed by atoms with Crippen LogP contribution in [0.4, 0.5) is 5.69 Å². The number of benzene rings is 1. The molecule has 4 rings (SSSR count). The van der Waals surface area contributed by atoms with Crippen molar-refractivity contribution in [3.8, 4) is 0 Å². The molecule has 33 heavy (non-hydrogen) atoms. The van der Waals surface area contributed by atoms with E-state index in [1.807, 2.05) is 0 Å². The zero-order chi connectivity index (χ0) is 23.4. The highest BCUT2D eigenvalue weighted by molar-refractivity contribution is 5.98. The normalized spacial score (nSPS) is 28.5. The largest absolute Gasteiger partial charge is 0.478 e. The lowest BCUT2D eigenvalue weighted by atomic mass is 9.81. The molecule has 2 heterocycles. The molecule has 0 radical (unpaired) electrons. The summed E-state index contributed by atoms with van der Waals surface area (Å²) in [5.74, 6) is -0.735. The Bertz CT molecular complexity index is 847. The summed E-state index contributed by atoms with van der Waals surface area (Å²) >= 11 is 0. The average Bonchev–Trinajstić information content (AvgIpc) is 3.30. The first kappa shape index (κ1) is 23.7. The van der Waals surface area contributed by atoms with Crippen LogP contribution in [0.25, 0.3) is 0 Å². The minimum absolute atomic E-state index is 0.0543. The molecular formula is C24H34N4O5. The number of morpholine rings is 1. The Balaban J connectivity index is 1.47. The Labute approximate surface area is 194 Å². The number of carbonyl (C=O) groups excluding carboxylic acids is 2. The van der Waals surface area contributed by atoms with E-state index in [1.54, 1.807) is 17.0 Å². The van der Waals surface area contributed by atoms with Gasteiger partial charge in [0.1, 0.15) is 6.04 Å². The summed E-state index contributed by atoms with van der Waals surface area (Å²) in [6.07, 6.45) is 4.15. The molecule has 180 valence electrons. The molecule has 0 spiro atoms. The molecule has 2 saturated heterocycles. The summed E-state index contributed by atoms with van der Waals surface area (Å²) in [7, 11) is 0. The van der Waals surface area contributed by atoms with Crippen LogP contribution in [0.3, 0.4) is 0 Å². The van der Waals surface area contributed by atoms with E-state index < -0.39 is 12.0 Å². The van der Waals surface area contributed by atoms with Crippen LogP contribution < -0.4 is 11.1 Å². The van der Waals surface area contributed by atoms with Gasteiger partial charge in [-0.25, -0.2) is 4.79 Å². The van der Waals surface area contributed by atoms with Crippen molar-refractivity contribution < 1.29 is 24.2 Å². The lowest BCUT2D eigenvalue weighted by molar-refractivity contribution is -0.141. The lowest BCUT2D eigenvalue weighted by Crippen LogP contribution is -2.47. The average molecular weight is 459 g/mol. The van der Waals surface area contributed by atoms with Crippen LogP contribution in [-0.2, 0) is 14.3 Å². The Morgan fingerprint density at radius 2 is 1.73 bits per heavy atom. The summed E-state index contributed by atoms with van der Waals surface area (Å²) in [4.78, 5) is 42.0. The van der Waals surface area contributed by atoms with Crippen LogP contribution in [-0.4, -0.2) is 84.2 Å². The van der Waals surface area contributed by atoms with Crippen molar-refractivity contribution in [3.63, 3.8) is 0 Å². The highest BCUT2D eigenvalue weighted by Crippen LogP contribution is 2.33. The minimum Gasteiger partial charge on any atom is -0.478 e. The molecule has 4 N–H and O–H groups in total. The molecule has 0 aromatic heterocycles. The van der Waals surface area contributed by atoms with Gasteiger partial charge in [0.15, 0.2) is 0 Å². The Morgan fingerprint density at radius 1 is 1.06 bits per heavy atom. The van der Waals surface area contributed by atoms with Crippen molar-refractivity contribution in [3.05, 3.63) is 29.8 Å². The monoisotopic (exact) mass is 458 g/mol. The molecule has 2 atom stereocenters. The predicted octanol–water partition coefficient (Wildman–Crippen LogP) is 1.39. The second-order valence-corrected chi connectivity index (χ2v) is 9.37. The third-order valence-electron chi connectivity index (χ3n) is 7.36. The maximum absolute atomic E-state index is 13.5. The zero-order valence-corrected chi connectivity index (χ0v) is 18.9. The Hall–Kier alpha value is -2.49. The van der Waals surface area contributed by atoms with E-state index in [0.29, 0.717) is 44.3 Å². The first-order valence-corrected chi connectivity index (χ1v) is 11.9. The molecule has 9 nitrogen and oxygen atoms in total. The number of likely N-dealkylation sites (tertiary alicyclic amines) is 1. The summed E-state index contributed by atoms with van der Waals surface area (Å²) in [6.45, 7) is 4.15. The van der Waals surface area contributed by atoms with Crippen molar-refractivity contribution in [2.75, 3.05) is 44.7 Å². The van der Waals surface area contributed by atoms with E-state index in [1.165, 1.54) is 12.1 Å². The Kier molecular flexibility index (Phi) is 7.62. The van der Waals surface area contributed by atoms with E-state index in [-0.39, 0.29) is 29.3 Å². The highest BCUT2D eigenvalue weighted by Gasteiger charge is 2.44. The van der Waals surface area contributed by atoms with E-state index in [9.17, 15) is 14.4 Å². The van der Waals surface area contributed by atoms with Crippen molar-refractivity contribution in [2.24, 2.45) is 17.6 Å². The van der Waals surface area contributed by atoms with Crippen LogP contribution in [0.2, 0.25) is 0 Å². The number of nitrogens with two attached hydrogens (primary N) is 1. The standard InChI is InChI=1S/C24H34N4O5/c25-14-16-1-3-17(4-2-16)23(30)28-15-20(27-9-11-33-12-10-27)13-21(28)22(29)26-19-7-5-18(6-8-19)24(31)32/h5-8,16-17,20-21H,1-4,9-15,25H2,(H,26,29)(H,31,32)/t16-,17-,20-,21-/m0/s1. The number of hydrogen-bond donors (Lipinski definition) is 3. The first-order chi connectivity index (χ1) is 16.0.